The Morgan fingerprint density at radius 3 is 1.98 bits per heavy atom. The third kappa shape index (κ3) is 7.09. The zero-order valence-electron chi connectivity index (χ0n) is 30.6. The molecule has 0 bridgehead atoms. The van der Waals surface area contributed by atoms with E-state index in [4.69, 9.17) is 4.98 Å². The molecule has 273 valence electrons. The maximum Gasteiger partial charge on any atom is 0.0774 e. The Hall–Kier alpha value is -6.49. The van der Waals surface area contributed by atoms with Crippen molar-refractivity contribution in [2.45, 2.75) is 0 Å². The smallest absolute Gasteiger partial charge is 0.0774 e. The third-order valence-electron chi connectivity index (χ3n) is 10.3. The van der Waals surface area contributed by atoms with Gasteiger partial charge in [-0.15, -0.1) is 41.3 Å². The van der Waals surface area contributed by atoms with Gasteiger partial charge in [-0.25, -0.2) is 0 Å². The summed E-state index contributed by atoms with van der Waals surface area (Å²) in [4.78, 5) is 9.40. The van der Waals surface area contributed by atoms with Crippen molar-refractivity contribution >= 4 is 54.0 Å². The van der Waals surface area contributed by atoms with Crippen molar-refractivity contribution in [3.05, 3.63) is 212 Å². The first kappa shape index (κ1) is 36.2. The van der Waals surface area contributed by atoms with Gasteiger partial charge < -0.3 is 9.55 Å². The van der Waals surface area contributed by atoms with Crippen LogP contribution in [-0.2, 0) is 20.1 Å². The number of hydrogen-bond donors (Lipinski definition) is 0. The van der Waals surface area contributed by atoms with Gasteiger partial charge in [0.25, 0.3) is 0 Å². The largest absolute Gasteiger partial charge is 0.333 e. The molecule has 0 fully saturated rings. The number of pyridine rings is 1. The minimum absolute atomic E-state index is 0. The standard InChI is InChI=1S/C41H25N2S.C11H8N.Ir/c1-2-8-27(9-3-1)28-18-21-33(22-19-28)43-39-13-7-6-12-38(39)42-41(43)37-26-44-40-23-20-32(25-36(37)40)31-17-16-30-15-14-29-10-4-5-11-34(29)35(30)24-31;1-2-6-10(7-3-1)11-8-4-5-9-12-11;/h1-25H;1-6,8-9H;/q2*-1;. The fourth-order valence-electron chi connectivity index (χ4n) is 7.47. The molecule has 1 radical (unpaired) electrons. The van der Waals surface area contributed by atoms with Gasteiger partial charge in [0.15, 0.2) is 0 Å². The Balaban J connectivity index is 0.000000279. The number of fused-ring (bicyclic) bond motifs is 5. The summed E-state index contributed by atoms with van der Waals surface area (Å²) >= 11 is 1.65. The van der Waals surface area contributed by atoms with Crippen LogP contribution in [0.5, 0.6) is 0 Å². The van der Waals surface area contributed by atoms with Gasteiger partial charge in [0.2, 0.25) is 0 Å². The van der Waals surface area contributed by atoms with Crippen LogP contribution in [0.25, 0.3) is 93.3 Å². The third-order valence-corrected chi connectivity index (χ3v) is 11.1. The molecule has 11 rings (SSSR count). The van der Waals surface area contributed by atoms with Crippen LogP contribution in [0.15, 0.2) is 200 Å². The van der Waals surface area contributed by atoms with Gasteiger partial charge in [-0.3, -0.25) is 16.3 Å². The molecule has 0 saturated heterocycles. The van der Waals surface area contributed by atoms with Crippen molar-refractivity contribution in [1.82, 2.24) is 14.5 Å². The number of imidazole rings is 1. The molecule has 0 amide bonds. The van der Waals surface area contributed by atoms with Crippen LogP contribution in [-0.4, -0.2) is 14.5 Å². The topological polar surface area (TPSA) is 30.7 Å². The molecule has 0 aliphatic rings. The fourth-order valence-corrected chi connectivity index (χ4v) is 8.29. The number of aromatic nitrogens is 3. The molecule has 8 aromatic carbocycles. The average Bonchev–Trinajstić information content (AvgIpc) is 3.89. The summed E-state index contributed by atoms with van der Waals surface area (Å²) in [5, 5.41) is 9.87. The van der Waals surface area contributed by atoms with Crippen molar-refractivity contribution in [3.8, 4) is 50.6 Å². The number of benzene rings is 8. The van der Waals surface area contributed by atoms with Crippen molar-refractivity contribution in [1.29, 1.82) is 0 Å². The first-order valence-corrected chi connectivity index (χ1v) is 19.5. The Morgan fingerprint density at radius 2 is 1.18 bits per heavy atom. The van der Waals surface area contributed by atoms with E-state index in [1.54, 1.807) is 17.5 Å². The summed E-state index contributed by atoms with van der Waals surface area (Å²) in [7, 11) is 0. The van der Waals surface area contributed by atoms with E-state index in [0.717, 1.165) is 39.4 Å². The molecule has 11 aromatic rings. The molecular weight excluding hydrogens is 891 g/mol. The van der Waals surface area contributed by atoms with Gasteiger partial charge >= 0.3 is 0 Å². The Kier molecular flexibility index (Phi) is 10.1. The van der Waals surface area contributed by atoms with Gasteiger partial charge in [0.05, 0.1) is 16.9 Å². The van der Waals surface area contributed by atoms with Gasteiger partial charge in [-0.05, 0) is 85.9 Å². The Bertz CT molecular complexity index is 3080. The van der Waals surface area contributed by atoms with E-state index >= 15 is 0 Å². The molecule has 0 spiro atoms. The number of thiophene rings is 1. The predicted octanol–water partition coefficient (Wildman–Crippen LogP) is 13.9. The molecule has 0 aliphatic carbocycles. The normalized spacial score (nSPS) is 11.0. The summed E-state index contributed by atoms with van der Waals surface area (Å²) in [6.45, 7) is 0. The SMILES string of the molecule is [Ir].[c-]1ccccc1-c1ccccn1.[c-]1sc2ccc(-c3ccc4ccc5ccccc5c4c3)cc2c1-c1nc2ccccc2n1-c1ccc(-c2ccccc2)cc1. The summed E-state index contributed by atoms with van der Waals surface area (Å²) in [5.41, 5.74) is 11.0. The summed E-state index contributed by atoms with van der Waals surface area (Å²) < 4.78 is 3.48. The second kappa shape index (κ2) is 15.9. The average molecular weight is 924 g/mol. The van der Waals surface area contributed by atoms with Crippen molar-refractivity contribution in [2.24, 2.45) is 0 Å². The van der Waals surface area contributed by atoms with Crippen LogP contribution in [0.3, 0.4) is 0 Å². The van der Waals surface area contributed by atoms with Gasteiger partial charge in [-0.2, -0.15) is 0 Å². The molecule has 0 aliphatic heterocycles. The van der Waals surface area contributed by atoms with Gasteiger partial charge in [0.1, 0.15) is 0 Å². The molecule has 0 unspecified atom stereocenters. The predicted molar refractivity (Wildman–Crippen MR) is 235 cm³/mol. The minimum Gasteiger partial charge on any atom is -0.333 e. The number of para-hydroxylation sites is 2. The van der Waals surface area contributed by atoms with E-state index in [0.29, 0.717) is 0 Å². The van der Waals surface area contributed by atoms with Crippen LogP contribution >= 0.6 is 11.3 Å². The van der Waals surface area contributed by atoms with Crippen LogP contribution in [0.1, 0.15) is 0 Å². The van der Waals surface area contributed by atoms with Crippen LogP contribution in [0, 0.1) is 11.4 Å². The second-order valence-electron chi connectivity index (χ2n) is 13.7. The van der Waals surface area contributed by atoms with E-state index in [9.17, 15) is 0 Å². The monoisotopic (exact) mass is 924 g/mol. The number of nitrogens with zero attached hydrogens (tertiary/aromatic N) is 3. The molecule has 0 saturated carbocycles. The van der Waals surface area contributed by atoms with Crippen LogP contribution in [0.4, 0.5) is 0 Å². The molecule has 3 nitrogen and oxygen atoms in total. The first-order chi connectivity index (χ1) is 27.8. The van der Waals surface area contributed by atoms with E-state index in [1.165, 1.54) is 53.9 Å². The van der Waals surface area contributed by atoms with Crippen molar-refractivity contribution < 1.29 is 20.1 Å². The second-order valence-corrected chi connectivity index (χ2v) is 14.5. The maximum absolute atomic E-state index is 5.18. The summed E-state index contributed by atoms with van der Waals surface area (Å²) in [6, 6.07) is 71.1. The molecule has 5 heteroatoms. The Morgan fingerprint density at radius 1 is 0.509 bits per heavy atom. The van der Waals surface area contributed by atoms with E-state index in [1.807, 2.05) is 42.5 Å². The Labute approximate surface area is 348 Å². The molecule has 0 atom stereocenters. The summed E-state index contributed by atoms with van der Waals surface area (Å²) in [6.07, 6.45) is 1.79. The van der Waals surface area contributed by atoms with E-state index in [-0.39, 0.29) is 20.1 Å². The zero-order valence-corrected chi connectivity index (χ0v) is 33.8. The van der Waals surface area contributed by atoms with Crippen LogP contribution in [0.2, 0.25) is 0 Å². The molecule has 57 heavy (non-hydrogen) atoms. The van der Waals surface area contributed by atoms with E-state index < -0.39 is 0 Å². The fraction of sp³-hybridized carbons (Fsp3) is 0. The van der Waals surface area contributed by atoms with Crippen LogP contribution < -0.4 is 0 Å². The zero-order chi connectivity index (χ0) is 37.3. The maximum atomic E-state index is 5.18. The van der Waals surface area contributed by atoms with E-state index in [2.05, 4.69) is 173 Å². The molecular formula is C52H33IrN3S-2. The molecule has 3 aromatic heterocycles. The summed E-state index contributed by atoms with van der Waals surface area (Å²) in [5.74, 6) is 0.909. The number of rotatable bonds is 5. The minimum atomic E-state index is 0. The quantitative estimate of drug-likeness (QED) is 0.127. The molecule has 0 N–H and O–H groups in total. The van der Waals surface area contributed by atoms with Gasteiger partial charge in [-0.1, -0.05) is 149 Å². The van der Waals surface area contributed by atoms with Crippen molar-refractivity contribution in [3.63, 3.8) is 0 Å². The number of hydrogen-bond acceptors (Lipinski definition) is 3. The molecule has 3 heterocycles. The first-order valence-electron chi connectivity index (χ1n) is 18.6. The van der Waals surface area contributed by atoms with Gasteiger partial charge in [0, 0.05) is 32.0 Å². The van der Waals surface area contributed by atoms with Crippen molar-refractivity contribution in [2.75, 3.05) is 0 Å².